The Morgan fingerprint density at radius 2 is 1.41 bits per heavy atom. The van der Waals surface area contributed by atoms with Gasteiger partial charge < -0.3 is 20.4 Å². The van der Waals surface area contributed by atoms with Gasteiger partial charge in [0.2, 0.25) is 0 Å². The van der Waals surface area contributed by atoms with Crippen LogP contribution in [0, 0.1) is 0 Å². The first kappa shape index (κ1) is 19.5. The smallest absolute Gasteiger partial charge is 0.314 e. The number of hydrogen-bond acceptors (Lipinski definition) is 4. The van der Waals surface area contributed by atoms with E-state index in [0.29, 0.717) is 5.69 Å². The van der Waals surface area contributed by atoms with Gasteiger partial charge in [-0.1, -0.05) is 29.3 Å². The average Bonchev–Trinajstić information content (AvgIpc) is 2.66. The molecule has 0 saturated carbocycles. The molecule has 0 atom stereocenters. The first-order chi connectivity index (χ1) is 12.9. The number of halogens is 2. The van der Waals surface area contributed by atoms with E-state index in [1.807, 2.05) is 12.1 Å². The number of benzene rings is 2. The molecular weight excluding hydrogens is 387 g/mol. The summed E-state index contributed by atoms with van der Waals surface area (Å²) in [7, 11) is 2.11. The first-order valence-electron chi connectivity index (χ1n) is 8.54. The van der Waals surface area contributed by atoms with Crippen LogP contribution >= 0.6 is 23.2 Å². The maximum atomic E-state index is 12.1. The van der Waals surface area contributed by atoms with Gasteiger partial charge >= 0.3 is 11.8 Å². The Balaban J connectivity index is 1.59. The van der Waals surface area contributed by atoms with Crippen LogP contribution in [0.3, 0.4) is 0 Å². The van der Waals surface area contributed by atoms with E-state index in [9.17, 15) is 9.59 Å². The van der Waals surface area contributed by atoms with Crippen LogP contribution in [0.2, 0.25) is 10.0 Å². The molecular formula is C19H20Cl2N4O2. The Morgan fingerprint density at radius 3 is 2.00 bits per heavy atom. The van der Waals surface area contributed by atoms with Crippen LogP contribution in [0.4, 0.5) is 17.1 Å². The fraction of sp³-hybridized carbons (Fsp3) is 0.263. The molecule has 1 aliphatic rings. The molecule has 2 N–H and O–H groups in total. The van der Waals surface area contributed by atoms with Crippen molar-refractivity contribution in [2.75, 3.05) is 48.8 Å². The highest BCUT2D eigenvalue weighted by molar-refractivity contribution is 6.46. The lowest BCUT2D eigenvalue weighted by Gasteiger charge is -2.34. The molecule has 1 fully saturated rings. The summed E-state index contributed by atoms with van der Waals surface area (Å²) in [6.07, 6.45) is 0. The standard InChI is InChI=1S/C19H20Cl2N4O2/c1-24-9-11-25(12-10-24)14-7-5-13(6-8-14)22-18(26)19(27)23-17-15(20)3-2-4-16(17)21/h2-8H,9-12H2,1H3,(H,22,26)(H,23,27). The van der Waals surface area contributed by atoms with Crippen molar-refractivity contribution in [1.82, 2.24) is 4.90 Å². The lowest BCUT2D eigenvalue weighted by molar-refractivity contribution is -0.132. The molecule has 6 nitrogen and oxygen atoms in total. The predicted molar refractivity (Wildman–Crippen MR) is 110 cm³/mol. The second-order valence-electron chi connectivity index (χ2n) is 6.34. The monoisotopic (exact) mass is 406 g/mol. The van der Waals surface area contributed by atoms with Crippen molar-refractivity contribution in [1.29, 1.82) is 0 Å². The van der Waals surface area contributed by atoms with Crippen LogP contribution < -0.4 is 15.5 Å². The van der Waals surface area contributed by atoms with Crippen molar-refractivity contribution in [3.8, 4) is 0 Å². The molecule has 0 bridgehead atoms. The third kappa shape index (κ3) is 4.91. The van der Waals surface area contributed by atoms with Gasteiger partial charge in [0, 0.05) is 37.6 Å². The minimum atomic E-state index is -0.840. The van der Waals surface area contributed by atoms with Crippen LogP contribution in [-0.2, 0) is 9.59 Å². The highest BCUT2D eigenvalue weighted by Gasteiger charge is 2.18. The van der Waals surface area contributed by atoms with Gasteiger partial charge in [-0.2, -0.15) is 0 Å². The Labute approximate surface area is 168 Å². The van der Waals surface area contributed by atoms with Gasteiger partial charge in [-0.15, -0.1) is 0 Å². The van der Waals surface area contributed by atoms with Crippen molar-refractivity contribution >= 4 is 52.1 Å². The number of anilines is 3. The van der Waals surface area contributed by atoms with Gasteiger partial charge in [-0.05, 0) is 43.4 Å². The minimum absolute atomic E-state index is 0.214. The van der Waals surface area contributed by atoms with Crippen LogP contribution in [0.25, 0.3) is 0 Å². The summed E-state index contributed by atoms with van der Waals surface area (Å²) >= 11 is 12.0. The molecule has 2 aromatic rings. The molecule has 0 aromatic heterocycles. The highest BCUT2D eigenvalue weighted by atomic mass is 35.5. The van der Waals surface area contributed by atoms with E-state index in [1.165, 1.54) is 0 Å². The van der Waals surface area contributed by atoms with E-state index in [1.54, 1.807) is 30.3 Å². The van der Waals surface area contributed by atoms with Crippen molar-refractivity contribution in [3.63, 3.8) is 0 Å². The van der Waals surface area contributed by atoms with Crippen LogP contribution in [0.1, 0.15) is 0 Å². The summed E-state index contributed by atoms with van der Waals surface area (Å²) in [5.41, 5.74) is 1.85. The van der Waals surface area contributed by atoms with Crippen LogP contribution in [-0.4, -0.2) is 49.9 Å². The molecule has 2 amide bonds. The van der Waals surface area contributed by atoms with Crippen molar-refractivity contribution in [2.24, 2.45) is 0 Å². The zero-order valence-corrected chi connectivity index (χ0v) is 16.3. The molecule has 1 saturated heterocycles. The molecule has 0 unspecified atom stereocenters. The molecule has 1 aliphatic heterocycles. The van der Waals surface area contributed by atoms with Crippen molar-refractivity contribution in [3.05, 3.63) is 52.5 Å². The van der Waals surface area contributed by atoms with E-state index in [-0.39, 0.29) is 15.7 Å². The third-order valence-electron chi connectivity index (χ3n) is 4.40. The zero-order valence-electron chi connectivity index (χ0n) is 14.8. The predicted octanol–water partition coefficient (Wildman–Crippen LogP) is 3.32. The zero-order chi connectivity index (χ0) is 19.4. The van der Waals surface area contributed by atoms with Gasteiger partial charge in [0.15, 0.2) is 0 Å². The van der Waals surface area contributed by atoms with E-state index in [2.05, 4.69) is 27.5 Å². The van der Waals surface area contributed by atoms with E-state index < -0.39 is 11.8 Å². The topological polar surface area (TPSA) is 64.7 Å². The molecule has 3 rings (SSSR count). The number of carbonyl (C=O) groups is 2. The summed E-state index contributed by atoms with van der Waals surface area (Å²) in [6.45, 7) is 3.96. The van der Waals surface area contributed by atoms with E-state index in [0.717, 1.165) is 31.9 Å². The fourth-order valence-corrected chi connectivity index (χ4v) is 3.29. The SMILES string of the molecule is CN1CCN(c2ccc(NC(=O)C(=O)Nc3c(Cl)cccc3Cl)cc2)CC1. The summed E-state index contributed by atoms with van der Waals surface area (Å²) in [5.74, 6) is -1.63. The number of para-hydroxylation sites is 1. The van der Waals surface area contributed by atoms with Gasteiger partial charge in [0.1, 0.15) is 0 Å². The van der Waals surface area contributed by atoms with Crippen LogP contribution in [0.15, 0.2) is 42.5 Å². The summed E-state index contributed by atoms with van der Waals surface area (Å²) in [5, 5.41) is 5.54. The largest absolute Gasteiger partial charge is 0.369 e. The summed E-state index contributed by atoms with van der Waals surface area (Å²) < 4.78 is 0. The second-order valence-corrected chi connectivity index (χ2v) is 7.16. The third-order valence-corrected chi connectivity index (χ3v) is 5.03. The molecule has 0 aliphatic carbocycles. The number of carbonyl (C=O) groups excluding carboxylic acids is 2. The number of rotatable bonds is 3. The number of amides is 2. The highest BCUT2D eigenvalue weighted by Crippen LogP contribution is 2.29. The van der Waals surface area contributed by atoms with E-state index >= 15 is 0 Å². The van der Waals surface area contributed by atoms with Crippen LogP contribution in [0.5, 0.6) is 0 Å². The Bertz CT molecular complexity index is 814. The maximum absolute atomic E-state index is 12.1. The average molecular weight is 407 g/mol. The lowest BCUT2D eigenvalue weighted by atomic mass is 10.2. The maximum Gasteiger partial charge on any atom is 0.314 e. The van der Waals surface area contributed by atoms with Gasteiger partial charge in [-0.25, -0.2) is 0 Å². The Hall–Kier alpha value is -2.28. The lowest BCUT2D eigenvalue weighted by Crippen LogP contribution is -2.44. The number of nitrogens with one attached hydrogen (secondary N) is 2. The van der Waals surface area contributed by atoms with Gasteiger partial charge in [0.25, 0.3) is 0 Å². The molecule has 8 heteroatoms. The quantitative estimate of drug-likeness (QED) is 0.767. The number of nitrogens with zero attached hydrogens (tertiary/aromatic N) is 2. The molecule has 0 spiro atoms. The van der Waals surface area contributed by atoms with Crippen molar-refractivity contribution in [2.45, 2.75) is 0 Å². The molecule has 2 aromatic carbocycles. The van der Waals surface area contributed by atoms with E-state index in [4.69, 9.17) is 23.2 Å². The normalized spacial score (nSPS) is 14.7. The Kier molecular flexibility index (Phi) is 6.21. The second kappa shape index (κ2) is 8.61. The summed E-state index contributed by atoms with van der Waals surface area (Å²) in [4.78, 5) is 28.8. The molecule has 1 heterocycles. The number of likely N-dealkylation sites (N-methyl/N-ethyl adjacent to an activating group) is 1. The summed E-state index contributed by atoms with van der Waals surface area (Å²) in [6, 6.07) is 12.2. The first-order valence-corrected chi connectivity index (χ1v) is 9.29. The van der Waals surface area contributed by atoms with Crippen molar-refractivity contribution < 1.29 is 9.59 Å². The molecule has 0 radical (unpaired) electrons. The van der Waals surface area contributed by atoms with Gasteiger partial charge in [0.05, 0.1) is 15.7 Å². The minimum Gasteiger partial charge on any atom is -0.369 e. The van der Waals surface area contributed by atoms with Gasteiger partial charge in [-0.3, -0.25) is 9.59 Å². The number of piperazine rings is 1. The number of hydrogen-bond donors (Lipinski definition) is 2. The molecule has 27 heavy (non-hydrogen) atoms. The Morgan fingerprint density at radius 1 is 0.852 bits per heavy atom. The molecule has 142 valence electrons. The fourth-order valence-electron chi connectivity index (χ4n) is 2.80.